The maximum Gasteiger partial charge on any atom is 0.265 e. The van der Waals surface area contributed by atoms with Gasteiger partial charge in [-0.1, -0.05) is 0 Å². The molecule has 1 amide bonds. The summed E-state index contributed by atoms with van der Waals surface area (Å²) in [6, 6.07) is 9.52. The highest BCUT2D eigenvalue weighted by Gasteiger charge is 2.18. The second-order valence-corrected chi connectivity index (χ2v) is 4.86. The highest BCUT2D eigenvalue weighted by atomic mass is 19.2. The lowest BCUT2D eigenvalue weighted by Crippen LogP contribution is -2.30. The molecule has 7 heteroatoms. The molecule has 0 fully saturated rings. The van der Waals surface area contributed by atoms with Gasteiger partial charge in [-0.25, -0.2) is 8.78 Å². The maximum absolute atomic E-state index is 13.1. The van der Waals surface area contributed by atoms with Crippen LogP contribution in [0.5, 0.6) is 11.5 Å². The van der Waals surface area contributed by atoms with E-state index in [0.717, 1.165) is 12.1 Å². The van der Waals surface area contributed by atoms with E-state index in [4.69, 9.17) is 14.7 Å². The second-order valence-electron chi connectivity index (χ2n) is 4.86. The molecule has 1 atom stereocenters. The molecular formula is C17H14F2N2O3. The smallest absolute Gasteiger partial charge is 0.265 e. The Hall–Kier alpha value is -3.14. The van der Waals surface area contributed by atoms with Crippen LogP contribution in [0, 0.1) is 23.0 Å². The third-order valence-corrected chi connectivity index (χ3v) is 3.15. The number of methoxy groups -OCH3 is 1. The highest BCUT2D eigenvalue weighted by Crippen LogP contribution is 2.29. The molecule has 0 spiro atoms. The number of nitrogens with zero attached hydrogens (tertiary/aromatic N) is 1. The first kappa shape index (κ1) is 17.2. The molecule has 2 rings (SSSR count). The van der Waals surface area contributed by atoms with Crippen LogP contribution in [-0.2, 0) is 4.79 Å². The summed E-state index contributed by atoms with van der Waals surface area (Å²) in [6.45, 7) is 1.49. The van der Waals surface area contributed by atoms with Crippen LogP contribution in [0.4, 0.5) is 14.5 Å². The monoisotopic (exact) mass is 332 g/mol. The van der Waals surface area contributed by atoms with Gasteiger partial charge in [0.1, 0.15) is 0 Å². The Kier molecular flexibility index (Phi) is 5.32. The topological polar surface area (TPSA) is 71.3 Å². The van der Waals surface area contributed by atoms with Crippen molar-refractivity contribution in [3.63, 3.8) is 0 Å². The summed E-state index contributed by atoms with van der Waals surface area (Å²) in [6.07, 6.45) is -0.931. The summed E-state index contributed by atoms with van der Waals surface area (Å²) in [5.41, 5.74) is 0.499. The molecule has 0 saturated carbocycles. The summed E-state index contributed by atoms with van der Waals surface area (Å²) < 4.78 is 36.7. The van der Waals surface area contributed by atoms with Crippen molar-refractivity contribution in [2.24, 2.45) is 0 Å². The molecule has 2 aromatic rings. The van der Waals surface area contributed by atoms with E-state index in [1.165, 1.54) is 38.3 Å². The zero-order valence-corrected chi connectivity index (χ0v) is 13.0. The average molecular weight is 332 g/mol. The van der Waals surface area contributed by atoms with E-state index < -0.39 is 23.6 Å². The molecular weight excluding hydrogens is 318 g/mol. The van der Waals surface area contributed by atoms with Crippen molar-refractivity contribution < 1.29 is 23.0 Å². The number of nitrogens with one attached hydrogen (secondary N) is 1. The van der Waals surface area contributed by atoms with E-state index in [1.54, 1.807) is 0 Å². The van der Waals surface area contributed by atoms with Gasteiger partial charge in [0.15, 0.2) is 29.2 Å². The maximum atomic E-state index is 13.1. The standard InChI is InChI=1S/C17H14F2N2O3/c1-10(17(22)21-12-4-5-13(18)14(19)8-12)24-15-6-3-11(9-20)7-16(15)23-2/h3-8,10H,1-2H3,(H,21,22)/t10-/m0/s1. The van der Waals surface area contributed by atoms with E-state index in [2.05, 4.69) is 5.32 Å². The van der Waals surface area contributed by atoms with Crippen LogP contribution in [0.3, 0.4) is 0 Å². The number of hydrogen-bond acceptors (Lipinski definition) is 4. The third kappa shape index (κ3) is 3.98. The fraction of sp³-hybridized carbons (Fsp3) is 0.176. The lowest BCUT2D eigenvalue weighted by molar-refractivity contribution is -0.122. The first-order chi connectivity index (χ1) is 11.4. The molecule has 124 valence electrons. The van der Waals surface area contributed by atoms with Gasteiger partial charge in [-0.05, 0) is 31.2 Å². The highest BCUT2D eigenvalue weighted by molar-refractivity contribution is 5.94. The molecule has 0 radical (unpaired) electrons. The fourth-order valence-corrected chi connectivity index (χ4v) is 1.90. The molecule has 0 unspecified atom stereocenters. The van der Waals surface area contributed by atoms with Crippen LogP contribution >= 0.6 is 0 Å². The number of anilines is 1. The molecule has 0 aliphatic carbocycles. The first-order valence-corrected chi connectivity index (χ1v) is 6.95. The van der Waals surface area contributed by atoms with Gasteiger partial charge in [0.2, 0.25) is 0 Å². The summed E-state index contributed by atoms with van der Waals surface area (Å²) in [4.78, 5) is 12.1. The number of amides is 1. The van der Waals surface area contributed by atoms with Crippen molar-refractivity contribution in [3.05, 3.63) is 53.6 Å². The number of carbonyl (C=O) groups excluding carboxylic acids is 1. The summed E-state index contributed by atoms with van der Waals surface area (Å²) in [5.74, 6) is -2.02. The van der Waals surface area contributed by atoms with Crippen LogP contribution < -0.4 is 14.8 Å². The molecule has 0 bridgehead atoms. The van der Waals surface area contributed by atoms with E-state index in [-0.39, 0.29) is 11.4 Å². The second kappa shape index (κ2) is 7.42. The van der Waals surface area contributed by atoms with Crippen LogP contribution in [0.2, 0.25) is 0 Å². The van der Waals surface area contributed by atoms with Crippen LogP contribution in [-0.4, -0.2) is 19.1 Å². The lowest BCUT2D eigenvalue weighted by Gasteiger charge is -2.17. The number of nitriles is 1. The molecule has 2 aromatic carbocycles. The van der Waals surface area contributed by atoms with Crippen molar-refractivity contribution >= 4 is 11.6 Å². The van der Waals surface area contributed by atoms with Crippen molar-refractivity contribution in [2.45, 2.75) is 13.0 Å². The normalized spacial score (nSPS) is 11.3. The Labute approximate surface area is 137 Å². The third-order valence-electron chi connectivity index (χ3n) is 3.15. The molecule has 0 saturated heterocycles. The summed E-state index contributed by atoms with van der Waals surface area (Å²) in [7, 11) is 1.41. The Morgan fingerprint density at radius 3 is 2.54 bits per heavy atom. The van der Waals surface area contributed by atoms with Crippen molar-refractivity contribution in [1.82, 2.24) is 0 Å². The number of carbonyl (C=O) groups is 1. The Morgan fingerprint density at radius 1 is 1.17 bits per heavy atom. The molecule has 24 heavy (non-hydrogen) atoms. The Bertz CT molecular complexity index is 803. The van der Waals surface area contributed by atoms with Gasteiger partial charge in [-0.3, -0.25) is 4.79 Å². The summed E-state index contributed by atoms with van der Waals surface area (Å²) >= 11 is 0. The molecule has 0 aliphatic heterocycles. The molecule has 0 aliphatic rings. The van der Waals surface area contributed by atoms with E-state index >= 15 is 0 Å². The van der Waals surface area contributed by atoms with Crippen molar-refractivity contribution in [2.75, 3.05) is 12.4 Å². The summed E-state index contributed by atoms with van der Waals surface area (Å²) in [5, 5.41) is 11.3. The van der Waals surface area contributed by atoms with E-state index in [9.17, 15) is 13.6 Å². The minimum absolute atomic E-state index is 0.112. The van der Waals surface area contributed by atoms with Crippen LogP contribution in [0.1, 0.15) is 12.5 Å². The Morgan fingerprint density at radius 2 is 1.92 bits per heavy atom. The number of hydrogen-bond donors (Lipinski definition) is 1. The van der Waals surface area contributed by atoms with E-state index in [0.29, 0.717) is 11.3 Å². The van der Waals surface area contributed by atoms with Crippen LogP contribution in [0.15, 0.2) is 36.4 Å². The van der Waals surface area contributed by atoms with Gasteiger partial charge in [0.05, 0.1) is 18.7 Å². The minimum Gasteiger partial charge on any atom is -0.493 e. The zero-order valence-electron chi connectivity index (χ0n) is 13.0. The average Bonchev–Trinajstić information content (AvgIpc) is 2.58. The van der Waals surface area contributed by atoms with Gasteiger partial charge >= 0.3 is 0 Å². The predicted octanol–water partition coefficient (Wildman–Crippen LogP) is 3.25. The molecule has 0 heterocycles. The number of ether oxygens (including phenoxy) is 2. The molecule has 5 nitrogen and oxygen atoms in total. The van der Waals surface area contributed by atoms with Gasteiger partial charge in [0.25, 0.3) is 5.91 Å². The molecule has 1 N–H and O–H groups in total. The number of rotatable bonds is 5. The van der Waals surface area contributed by atoms with Gasteiger partial charge < -0.3 is 14.8 Å². The lowest BCUT2D eigenvalue weighted by atomic mass is 10.2. The van der Waals surface area contributed by atoms with Gasteiger partial charge in [-0.2, -0.15) is 5.26 Å². The number of benzene rings is 2. The molecule has 0 aromatic heterocycles. The quantitative estimate of drug-likeness (QED) is 0.912. The van der Waals surface area contributed by atoms with Gasteiger partial charge in [0, 0.05) is 17.8 Å². The van der Waals surface area contributed by atoms with Crippen molar-refractivity contribution in [1.29, 1.82) is 5.26 Å². The van der Waals surface area contributed by atoms with Gasteiger partial charge in [-0.15, -0.1) is 0 Å². The van der Waals surface area contributed by atoms with E-state index in [1.807, 2.05) is 6.07 Å². The predicted molar refractivity (Wildman–Crippen MR) is 82.8 cm³/mol. The van der Waals surface area contributed by atoms with Crippen LogP contribution in [0.25, 0.3) is 0 Å². The Balaban J connectivity index is 2.09. The fourth-order valence-electron chi connectivity index (χ4n) is 1.90. The first-order valence-electron chi connectivity index (χ1n) is 6.95. The largest absolute Gasteiger partial charge is 0.493 e. The van der Waals surface area contributed by atoms with Crippen molar-refractivity contribution in [3.8, 4) is 17.6 Å². The minimum atomic E-state index is -1.06. The SMILES string of the molecule is COc1cc(C#N)ccc1O[C@@H](C)C(=O)Nc1ccc(F)c(F)c1. The zero-order chi connectivity index (χ0) is 17.7. The number of halogens is 2.